The Balaban J connectivity index is 4.65. The first-order valence-corrected chi connectivity index (χ1v) is 5.14. The number of alkyl halides is 7. The first kappa shape index (κ1) is 18.7. The first-order chi connectivity index (χ1) is 8.85. The Bertz CT molecular complexity index is 334. The molecule has 0 spiro atoms. The predicted octanol–water partition coefficient (Wildman–Crippen LogP) is 2.69. The van der Waals surface area contributed by atoms with Gasteiger partial charge in [-0.3, -0.25) is 0 Å². The van der Waals surface area contributed by atoms with Crippen LogP contribution in [-0.4, -0.2) is 41.8 Å². The monoisotopic (exact) mass is 312 g/mol. The minimum Gasteiger partial charge on any atom is -0.460 e. The Morgan fingerprint density at radius 2 is 1.60 bits per heavy atom. The molecule has 10 heteroatoms. The Morgan fingerprint density at radius 1 is 1.15 bits per heavy atom. The van der Waals surface area contributed by atoms with Crippen LogP contribution in [0.5, 0.6) is 0 Å². The number of carbonyl (C=O) groups is 1. The number of hydrogen-bond donors (Lipinski definition) is 1. The molecule has 0 amide bonds. The predicted molar refractivity (Wildman–Crippen MR) is 52.3 cm³/mol. The zero-order valence-electron chi connectivity index (χ0n) is 9.89. The minimum atomic E-state index is -6.16. The summed E-state index contributed by atoms with van der Waals surface area (Å²) in [4.78, 5) is 10.6. The average molecular weight is 312 g/mol. The highest BCUT2D eigenvalue weighted by Crippen LogP contribution is 2.49. The maximum absolute atomic E-state index is 13.1. The molecule has 0 aliphatic carbocycles. The van der Waals surface area contributed by atoms with Gasteiger partial charge in [-0.25, -0.2) is 9.18 Å². The normalized spacial score (nSPS) is 14.8. The van der Waals surface area contributed by atoms with Crippen molar-refractivity contribution >= 4 is 5.97 Å². The number of halogens is 7. The van der Waals surface area contributed by atoms with E-state index in [4.69, 9.17) is 5.11 Å². The zero-order chi connectivity index (χ0) is 16.2. The highest BCUT2D eigenvalue weighted by atomic mass is 19.4. The van der Waals surface area contributed by atoms with Crippen LogP contribution in [0.1, 0.15) is 12.8 Å². The van der Waals surface area contributed by atoms with E-state index >= 15 is 0 Å². The van der Waals surface area contributed by atoms with Crippen LogP contribution in [0.3, 0.4) is 0 Å². The summed E-state index contributed by atoms with van der Waals surface area (Å²) in [5.74, 6) is -1.03. The molecule has 1 N–H and O–H groups in total. The van der Waals surface area contributed by atoms with Gasteiger partial charge in [-0.1, -0.05) is 6.58 Å². The third kappa shape index (κ3) is 4.66. The van der Waals surface area contributed by atoms with E-state index in [0.717, 1.165) is 0 Å². The summed E-state index contributed by atoms with van der Waals surface area (Å²) >= 11 is 0. The second-order valence-corrected chi connectivity index (χ2v) is 3.82. The van der Waals surface area contributed by atoms with Gasteiger partial charge in [0.15, 0.2) is 0 Å². The standard InChI is InChI=1S/C10H11F7O3/c1-2-7(19)20-5-6(18)3-4-8(11,9(12,13)14)10(15,16)17/h2,6,18H,1,3-5H2. The summed E-state index contributed by atoms with van der Waals surface area (Å²) in [5.41, 5.74) is -5.43. The van der Waals surface area contributed by atoms with E-state index in [1.807, 2.05) is 0 Å². The van der Waals surface area contributed by atoms with E-state index in [1.165, 1.54) is 0 Å². The molecule has 0 aliphatic heterocycles. The van der Waals surface area contributed by atoms with Crippen molar-refractivity contribution in [2.45, 2.75) is 37.0 Å². The number of carbonyl (C=O) groups excluding carboxylic acids is 1. The topological polar surface area (TPSA) is 46.5 Å². The fourth-order valence-corrected chi connectivity index (χ4v) is 1.13. The van der Waals surface area contributed by atoms with Gasteiger partial charge in [0.1, 0.15) is 6.61 Å². The van der Waals surface area contributed by atoms with Crippen LogP contribution in [0.25, 0.3) is 0 Å². The number of ether oxygens (including phenoxy) is 1. The first-order valence-electron chi connectivity index (χ1n) is 5.14. The van der Waals surface area contributed by atoms with Crippen molar-refractivity contribution in [2.75, 3.05) is 6.61 Å². The van der Waals surface area contributed by atoms with Gasteiger partial charge in [-0.2, -0.15) is 26.3 Å². The Kier molecular flexibility index (Phi) is 6.00. The van der Waals surface area contributed by atoms with E-state index in [1.54, 1.807) is 0 Å². The molecule has 0 aromatic heterocycles. The largest absolute Gasteiger partial charge is 0.460 e. The summed E-state index contributed by atoms with van der Waals surface area (Å²) in [6, 6.07) is 0. The van der Waals surface area contributed by atoms with Gasteiger partial charge in [-0.15, -0.1) is 0 Å². The van der Waals surface area contributed by atoms with E-state index in [0.29, 0.717) is 6.08 Å². The highest BCUT2D eigenvalue weighted by Gasteiger charge is 2.71. The number of rotatable bonds is 6. The Hall–Kier alpha value is -1.32. The van der Waals surface area contributed by atoms with Crippen LogP contribution >= 0.6 is 0 Å². The number of hydrogen-bond acceptors (Lipinski definition) is 3. The summed E-state index contributed by atoms with van der Waals surface area (Å²) in [6.45, 7) is 2.11. The van der Waals surface area contributed by atoms with Gasteiger partial charge >= 0.3 is 18.3 Å². The van der Waals surface area contributed by atoms with Gasteiger partial charge in [0.25, 0.3) is 5.67 Å². The third-order valence-corrected chi connectivity index (χ3v) is 2.31. The number of esters is 1. The van der Waals surface area contributed by atoms with Crippen LogP contribution < -0.4 is 0 Å². The van der Waals surface area contributed by atoms with E-state index < -0.39 is 49.5 Å². The fraction of sp³-hybridized carbons (Fsp3) is 0.700. The molecular weight excluding hydrogens is 301 g/mol. The van der Waals surface area contributed by atoms with Crippen LogP contribution in [0.2, 0.25) is 0 Å². The van der Waals surface area contributed by atoms with Crippen molar-refractivity contribution in [3.05, 3.63) is 12.7 Å². The molecule has 0 fully saturated rings. The lowest BCUT2D eigenvalue weighted by Crippen LogP contribution is -2.53. The van der Waals surface area contributed by atoms with Gasteiger partial charge < -0.3 is 9.84 Å². The SMILES string of the molecule is C=CC(=O)OCC(O)CCC(F)(C(F)(F)F)C(F)(F)F. The molecule has 0 aromatic carbocycles. The average Bonchev–Trinajstić information content (AvgIpc) is 2.29. The lowest BCUT2D eigenvalue weighted by Gasteiger charge is -2.30. The molecule has 1 atom stereocenters. The van der Waals surface area contributed by atoms with Crippen molar-refractivity contribution in [1.82, 2.24) is 0 Å². The Morgan fingerprint density at radius 3 is 1.95 bits per heavy atom. The van der Waals surface area contributed by atoms with Crippen molar-refractivity contribution in [1.29, 1.82) is 0 Å². The highest BCUT2D eigenvalue weighted by molar-refractivity contribution is 5.81. The molecule has 0 radical (unpaired) electrons. The molecule has 3 nitrogen and oxygen atoms in total. The summed E-state index contributed by atoms with van der Waals surface area (Å²) in [5, 5.41) is 9.08. The molecule has 1 unspecified atom stereocenters. The van der Waals surface area contributed by atoms with E-state index in [9.17, 15) is 35.5 Å². The quantitative estimate of drug-likeness (QED) is 0.466. The smallest absolute Gasteiger partial charge is 0.431 e. The molecule has 0 saturated heterocycles. The van der Waals surface area contributed by atoms with Crippen molar-refractivity contribution in [2.24, 2.45) is 0 Å². The molecule has 0 bridgehead atoms. The van der Waals surface area contributed by atoms with E-state index in [2.05, 4.69) is 11.3 Å². The van der Waals surface area contributed by atoms with Crippen LogP contribution in [-0.2, 0) is 9.53 Å². The van der Waals surface area contributed by atoms with Crippen molar-refractivity contribution < 1.29 is 45.4 Å². The lowest BCUT2D eigenvalue weighted by atomic mass is 9.96. The molecular formula is C10H11F7O3. The third-order valence-electron chi connectivity index (χ3n) is 2.31. The van der Waals surface area contributed by atoms with Crippen molar-refractivity contribution in [3.63, 3.8) is 0 Å². The summed E-state index contributed by atoms with van der Waals surface area (Å²) < 4.78 is 90.2. The van der Waals surface area contributed by atoms with Gasteiger partial charge in [0, 0.05) is 12.5 Å². The maximum Gasteiger partial charge on any atom is 0.431 e. The van der Waals surface area contributed by atoms with E-state index in [-0.39, 0.29) is 0 Å². The molecule has 0 rings (SSSR count). The van der Waals surface area contributed by atoms with Gasteiger partial charge in [0.05, 0.1) is 6.10 Å². The molecule has 0 aliphatic rings. The zero-order valence-corrected chi connectivity index (χ0v) is 9.89. The number of aliphatic hydroxyl groups excluding tert-OH is 1. The van der Waals surface area contributed by atoms with Crippen molar-refractivity contribution in [3.8, 4) is 0 Å². The van der Waals surface area contributed by atoms with Crippen LogP contribution in [0, 0.1) is 0 Å². The summed E-state index contributed by atoms with van der Waals surface area (Å²) in [6.07, 6.45) is -16.7. The lowest BCUT2D eigenvalue weighted by molar-refractivity contribution is -0.344. The minimum absolute atomic E-state index is 0.678. The Labute approximate surface area is 109 Å². The van der Waals surface area contributed by atoms with Crippen LogP contribution in [0.4, 0.5) is 30.7 Å². The van der Waals surface area contributed by atoms with Gasteiger partial charge in [0.2, 0.25) is 0 Å². The molecule has 20 heavy (non-hydrogen) atoms. The fourth-order valence-electron chi connectivity index (χ4n) is 1.13. The maximum atomic E-state index is 13.1. The molecule has 0 aromatic rings. The number of aliphatic hydroxyl groups is 1. The molecule has 0 heterocycles. The molecule has 118 valence electrons. The van der Waals surface area contributed by atoms with Crippen LogP contribution in [0.15, 0.2) is 12.7 Å². The second kappa shape index (κ2) is 6.42. The van der Waals surface area contributed by atoms with Gasteiger partial charge in [-0.05, 0) is 6.42 Å². The summed E-state index contributed by atoms with van der Waals surface area (Å²) in [7, 11) is 0. The molecule has 0 saturated carbocycles. The second-order valence-electron chi connectivity index (χ2n) is 3.82.